The second-order valence-electron chi connectivity index (χ2n) is 6.74. The molecule has 0 bridgehead atoms. The Kier molecular flexibility index (Phi) is 2.57. The molecular formula is C20H22. The molecule has 0 radical (unpaired) electrons. The lowest BCUT2D eigenvalue weighted by Crippen LogP contribution is -2.28. The summed E-state index contributed by atoms with van der Waals surface area (Å²) in [5.74, 6) is 0. The van der Waals surface area contributed by atoms with Gasteiger partial charge in [0.15, 0.2) is 0 Å². The lowest BCUT2D eigenvalue weighted by atomic mass is 9.67. The number of hydrogen-bond acceptors (Lipinski definition) is 0. The SMILES string of the molecule is Cc1ccc2c(c1)-c1ccc(C)cc1C21CCCCC1. The van der Waals surface area contributed by atoms with Crippen molar-refractivity contribution in [2.75, 3.05) is 0 Å². The van der Waals surface area contributed by atoms with Gasteiger partial charge in [0.2, 0.25) is 0 Å². The van der Waals surface area contributed by atoms with Crippen LogP contribution in [0, 0.1) is 13.8 Å². The van der Waals surface area contributed by atoms with Crippen molar-refractivity contribution in [3.05, 3.63) is 58.7 Å². The van der Waals surface area contributed by atoms with Crippen molar-refractivity contribution < 1.29 is 0 Å². The van der Waals surface area contributed by atoms with Crippen LogP contribution in [-0.2, 0) is 5.41 Å². The largest absolute Gasteiger partial charge is 0.0590 e. The van der Waals surface area contributed by atoms with Gasteiger partial charge < -0.3 is 0 Å². The van der Waals surface area contributed by atoms with E-state index < -0.39 is 0 Å². The fourth-order valence-corrected chi connectivity index (χ4v) is 4.43. The van der Waals surface area contributed by atoms with E-state index in [0.717, 1.165) is 0 Å². The van der Waals surface area contributed by atoms with Crippen LogP contribution < -0.4 is 0 Å². The third-order valence-corrected chi connectivity index (χ3v) is 5.38. The Hall–Kier alpha value is -1.56. The predicted octanol–water partition coefficient (Wildman–Crippen LogP) is 5.53. The molecule has 102 valence electrons. The maximum absolute atomic E-state index is 2.45. The monoisotopic (exact) mass is 262 g/mol. The van der Waals surface area contributed by atoms with Crippen molar-refractivity contribution >= 4 is 0 Å². The number of hydrogen-bond donors (Lipinski definition) is 0. The topological polar surface area (TPSA) is 0 Å². The second kappa shape index (κ2) is 4.22. The van der Waals surface area contributed by atoms with Crippen LogP contribution in [0.25, 0.3) is 11.1 Å². The van der Waals surface area contributed by atoms with E-state index in [1.807, 2.05) is 0 Å². The summed E-state index contributed by atoms with van der Waals surface area (Å²) in [7, 11) is 0. The minimum Gasteiger partial charge on any atom is -0.0590 e. The van der Waals surface area contributed by atoms with Gasteiger partial charge in [-0.05, 0) is 48.9 Å². The molecule has 2 aromatic carbocycles. The van der Waals surface area contributed by atoms with Crippen LogP contribution in [0.1, 0.15) is 54.4 Å². The van der Waals surface area contributed by atoms with E-state index in [2.05, 4.69) is 50.2 Å². The minimum atomic E-state index is 0.322. The second-order valence-corrected chi connectivity index (χ2v) is 6.74. The first-order valence-electron chi connectivity index (χ1n) is 7.93. The minimum absolute atomic E-state index is 0.322. The van der Waals surface area contributed by atoms with Gasteiger partial charge in [0, 0.05) is 5.41 Å². The molecule has 0 atom stereocenters. The van der Waals surface area contributed by atoms with E-state index in [1.165, 1.54) is 54.4 Å². The fraction of sp³-hybridized carbons (Fsp3) is 0.400. The highest BCUT2D eigenvalue weighted by Gasteiger charge is 2.43. The maximum atomic E-state index is 2.45. The highest BCUT2D eigenvalue weighted by molar-refractivity contribution is 5.81. The molecule has 1 fully saturated rings. The lowest BCUT2D eigenvalue weighted by molar-refractivity contribution is 0.352. The molecule has 0 heteroatoms. The van der Waals surface area contributed by atoms with Crippen LogP contribution in [0.2, 0.25) is 0 Å². The summed E-state index contributed by atoms with van der Waals surface area (Å²) in [6.07, 6.45) is 6.82. The molecule has 0 heterocycles. The zero-order valence-corrected chi connectivity index (χ0v) is 12.5. The standard InChI is InChI=1S/C20H22/c1-14-7-9-18-17(12-14)16-8-6-15(2)13-19(16)20(18)10-4-3-5-11-20/h6-9,12-13H,3-5,10-11H2,1-2H3. The van der Waals surface area contributed by atoms with Gasteiger partial charge >= 0.3 is 0 Å². The normalized spacial score (nSPS) is 18.9. The van der Waals surface area contributed by atoms with E-state index >= 15 is 0 Å². The Morgan fingerprint density at radius 2 is 1.40 bits per heavy atom. The molecule has 2 aromatic rings. The molecule has 2 aliphatic rings. The average Bonchev–Trinajstić information content (AvgIpc) is 2.70. The highest BCUT2D eigenvalue weighted by Crippen LogP contribution is 2.55. The maximum Gasteiger partial charge on any atom is 0.0215 e. The Morgan fingerprint density at radius 1 is 0.700 bits per heavy atom. The molecule has 20 heavy (non-hydrogen) atoms. The first-order chi connectivity index (χ1) is 9.71. The Morgan fingerprint density at radius 3 is 2.20 bits per heavy atom. The van der Waals surface area contributed by atoms with Crippen molar-refractivity contribution in [3.63, 3.8) is 0 Å². The van der Waals surface area contributed by atoms with E-state index in [1.54, 1.807) is 11.1 Å². The summed E-state index contributed by atoms with van der Waals surface area (Å²) in [5, 5.41) is 0. The molecule has 0 saturated heterocycles. The third-order valence-electron chi connectivity index (χ3n) is 5.38. The van der Waals surface area contributed by atoms with Crippen molar-refractivity contribution in [1.29, 1.82) is 0 Å². The molecule has 0 nitrogen and oxygen atoms in total. The molecular weight excluding hydrogens is 240 g/mol. The van der Waals surface area contributed by atoms with Crippen LogP contribution in [0.3, 0.4) is 0 Å². The zero-order chi connectivity index (χ0) is 13.7. The van der Waals surface area contributed by atoms with Crippen molar-refractivity contribution in [3.8, 4) is 11.1 Å². The van der Waals surface area contributed by atoms with Gasteiger partial charge in [-0.25, -0.2) is 0 Å². The van der Waals surface area contributed by atoms with Gasteiger partial charge in [-0.3, -0.25) is 0 Å². The van der Waals surface area contributed by atoms with Gasteiger partial charge in [-0.2, -0.15) is 0 Å². The summed E-state index contributed by atoms with van der Waals surface area (Å²) in [4.78, 5) is 0. The quantitative estimate of drug-likeness (QED) is 0.585. The van der Waals surface area contributed by atoms with Crippen LogP contribution in [-0.4, -0.2) is 0 Å². The smallest absolute Gasteiger partial charge is 0.0215 e. The van der Waals surface area contributed by atoms with Crippen LogP contribution in [0.5, 0.6) is 0 Å². The van der Waals surface area contributed by atoms with E-state index in [-0.39, 0.29) is 0 Å². The molecule has 0 aliphatic heterocycles. The molecule has 1 spiro atoms. The highest BCUT2D eigenvalue weighted by atomic mass is 14.5. The van der Waals surface area contributed by atoms with Crippen LogP contribution in [0.4, 0.5) is 0 Å². The third kappa shape index (κ3) is 1.54. The summed E-state index contributed by atoms with van der Waals surface area (Å²) >= 11 is 0. The summed E-state index contributed by atoms with van der Waals surface area (Å²) < 4.78 is 0. The van der Waals surface area contributed by atoms with Gasteiger partial charge in [-0.1, -0.05) is 66.8 Å². The van der Waals surface area contributed by atoms with Crippen molar-refractivity contribution in [1.82, 2.24) is 0 Å². The number of fused-ring (bicyclic) bond motifs is 5. The van der Waals surface area contributed by atoms with Gasteiger partial charge in [0.1, 0.15) is 0 Å². The molecule has 1 saturated carbocycles. The first kappa shape index (κ1) is 12.2. The Balaban J connectivity index is 2.03. The van der Waals surface area contributed by atoms with Gasteiger partial charge in [-0.15, -0.1) is 0 Å². The molecule has 0 amide bonds. The molecule has 0 N–H and O–H groups in total. The fourth-order valence-electron chi connectivity index (χ4n) is 4.43. The molecule has 0 aromatic heterocycles. The predicted molar refractivity (Wildman–Crippen MR) is 85.2 cm³/mol. The first-order valence-corrected chi connectivity index (χ1v) is 7.93. The number of rotatable bonds is 0. The van der Waals surface area contributed by atoms with Gasteiger partial charge in [0.05, 0.1) is 0 Å². The molecule has 0 unspecified atom stereocenters. The van der Waals surface area contributed by atoms with Crippen LogP contribution >= 0.6 is 0 Å². The Labute approximate surface area is 121 Å². The zero-order valence-electron chi connectivity index (χ0n) is 12.5. The van der Waals surface area contributed by atoms with Crippen molar-refractivity contribution in [2.24, 2.45) is 0 Å². The number of aryl methyl sites for hydroxylation is 2. The summed E-state index contributed by atoms with van der Waals surface area (Å²) in [5.41, 5.74) is 9.31. The van der Waals surface area contributed by atoms with E-state index in [4.69, 9.17) is 0 Å². The van der Waals surface area contributed by atoms with E-state index in [9.17, 15) is 0 Å². The lowest BCUT2D eigenvalue weighted by Gasteiger charge is -2.36. The summed E-state index contributed by atoms with van der Waals surface area (Å²) in [6.45, 7) is 4.44. The molecule has 4 rings (SSSR count). The van der Waals surface area contributed by atoms with Crippen LogP contribution in [0.15, 0.2) is 36.4 Å². The van der Waals surface area contributed by atoms with Crippen molar-refractivity contribution in [2.45, 2.75) is 51.4 Å². The Bertz CT molecular complexity index is 672. The number of benzene rings is 2. The average molecular weight is 262 g/mol. The van der Waals surface area contributed by atoms with E-state index in [0.29, 0.717) is 5.41 Å². The summed E-state index contributed by atoms with van der Waals surface area (Å²) in [6, 6.07) is 14.2. The molecule has 2 aliphatic carbocycles. The van der Waals surface area contributed by atoms with Gasteiger partial charge in [0.25, 0.3) is 0 Å².